The summed E-state index contributed by atoms with van der Waals surface area (Å²) in [4.78, 5) is 12.4. The molecule has 4 nitrogen and oxygen atoms in total. The highest BCUT2D eigenvalue weighted by Crippen LogP contribution is 2.43. The molecule has 0 N–H and O–H groups in total. The second-order valence-corrected chi connectivity index (χ2v) is 7.16. The molecule has 0 atom stereocenters. The van der Waals surface area contributed by atoms with Crippen LogP contribution in [0.25, 0.3) is 11.1 Å². The van der Waals surface area contributed by atoms with Gasteiger partial charge in [0.1, 0.15) is 11.5 Å². The summed E-state index contributed by atoms with van der Waals surface area (Å²) < 4.78 is 16.6. The van der Waals surface area contributed by atoms with Crippen LogP contribution in [0.1, 0.15) is 44.4 Å². The normalized spacial score (nSPS) is 11.2. The van der Waals surface area contributed by atoms with Crippen molar-refractivity contribution in [3.63, 3.8) is 0 Å². The third-order valence-electron chi connectivity index (χ3n) is 4.85. The van der Waals surface area contributed by atoms with Crippen molar-refractivity contribution >= 4 is 5.97 Å². The number of esters is 1. The summed E-state index contributed by atoms with van der Waals surface area (Å²) in [7, 11) is 3.27. The number of carbonyl (C=O) groups is 1. The van der Waals surface area contributed by atoms with E-state index in [2.05, 4.69) is 32.0 Å². The quantitative estimate of drug-likeness (QED) is 0.638. The van der Waals surface area contributed by atoms with Gasteiger partial charge in [-0.3, -0.25) is 4.79 Å². The molecule has 0 aliphatic carbocycles. The van der Waals surface area contributed by atoms with Gasteiger partial charge in [-0.2, -0.15) is 0 Å². The maximum atomic E-state index is 12.4. The van der Waals surface area contributed by atoms with Crippen LogP contribution < -0.4 is 9.47 Å². The largest absolute Gasteiger partial charge is 0.496 e. The second kappa shape index (κ2) is 8.47. The molecule has 4 heteroatoms. The van der Waals surface area contributed by atoms with E-state index in [4.69, 9.17) is 14.2 Å². The summed E-state index contributed by atoms with van der Waals surface area (Å²) in [5.74, 6) is 1.08. The van der Waals surface area contributed by atoms with E-state index in [1.807, 2.05) is 26.0 Å². The van der Waals surface area contributed by atoms with E-state index in [0.29, 0.717) is 18.1 Å². The lowest BCUT2D eigenvalue weighted by Crippen LogP contribution is -2.31. The number of carbonyl (C=O) groups excluding carboxylic acids is 1. The minimum Gasteiger partial charge on any atom is -0.496 e. The van der Waals surface area contributed by atoms with Crippen molar-refractivity contribution in [2.24, 2.45) is 0 Å². The molecule has 0 spiro atoms. The van der Waals surface area contributed by atoms with Gasteiger partial charge < -0.3 is 14.2 Å². The standard InChI is InChI=1S/C23H30O4/c1-8-16-10-15(3)11-17(12-16)21-19(25-6)13-18(14-20(21)26-7)23(4,5)22(24)27-9-2/h10-14H,8-9H2,1-7H3. The molecule has 2 aromatic rings. The van der Waals surface area contributed by atoms with E-state index >= 15 is 0 Å². The average molecular weight is 370 g/mol. The van der Waals surface area contributed by atoms with Crippen LogP contribution in [0.4, 0.5) is 0 Å². The van der Waals surface area contributed by atoms with Crippen LogP contribution in [-0.2, 0) is 21.4 Å². The molecule has 2 aromatic carbocycles. The molecular formula is C23H30O4. The minimum absolute atomic E-state index is 0.273. The van der Waals surface area contributed by atoms with Gasteiger partial charge in [0.25, 0.3) is 0 Å². The molecule has 0 aliphatic rings. The Labute approximate surface area is 162 Å². The van der Waals surface area contributed by atoms with Crippen molar-refractivity contribution in [2.45, 2.75) is 46.5 Å². The van der Waals surface area contributed by atoms with Crippen LogP contribution >= 0.6 is 0 Å². The van der Waals surface area contributed by atoms with Crippen LogP contribution in [0.15, 0.2) is 30.3 Å². The SMILES string of the molecule is CCOC(=O)C(C)(C)c1cc(OC)c(-c2cc(C)cc(CC)c2)c(OC)c1. The van der Waals surface area contributed by atoms with Crippen molar-refractivity contribution in [3.8, 4) is 22.6 Å². The summed E-state index contributed by atoms with van der Waals surface area (Å²) in [5, 5.41) is 0. The number of rotatable bonds is 7. The van der Waals surface area contributed by atoms with Crippen molar-refractivity contribution < 1.29 is 19.0 Å². The molecule has 0 unspecified atom stereocenters. The third kappa shape index (κ3) is 4.26. The lowest BCUT2D eigenvalue weighted by Gasteiger charge is -2.25. The van der Waals surface area contributed by atoms with E-state index < -0.39 is 5.41 Å². The fourth-order valence-corrected chi connectivity index (χ4v) is 3.20. The first kappa shape index (κ1) is 20.8. The maximum Gasteiger partial charge on any atom is 0.315 e. The van der Waals surface area contributed by atoms with Gasteiger partial charge >= 0.3 is 5.97 Å². The fourth-order valence-electron chi connectivity index (χ4n) is 3.20. The number of aryl methyl sites for hydroxylation is 2. The Kier molecular flexibility index (Phi) is 6.53. The lowest BCUT2D eigenvalue weighted by molar-refractivity contribution is -0.148. The number of methoxy groups -OCH3 is 2. The van der Waals surface area contributed by atoms with Crippen LogP contribution in [-0.4, -0.2) is 26.8 Å². The third-order valence-corrected chi connectivity index (χ3v) is 4.85. The van der Waals surface area contributed by atoms with Crippen molar-refractivity contribution in [3.05, 3.63) is 47.0 Å². The number of benzene rings is 2. The highest BCUT2D eigenvalue weighted by Gasteiger charge is 2.33. The Morgan fingerprint density at radius 1 is 0.963 bits per heavy atom. The van der Waals surface area contributed by atoms with Gasteiger partial charge in [0.05, 0.1) is 31.8 Å². The Balaban J connectivity index is 2.68. The van der Waals surface area contributed by atoms with Gasteiger partial charge in [-0.05, 0) is 62.9 Å². The van der Waals surface area contributed by atoms with Crippen molar-refractivity contribution in [1.29, 1.82) is 0 Å². The maximum absolute atomic E-state index is 12.4. The van der Waals surface area contributed by atoms with Crippen LogP contribution in [0.5, 0.6) is 11.5 Å². The Bertz CT molecular complexity index is 796. The molecule has 0 bridgehead atoms. The Morgan fingerprint density at radius 2 is 1.56 bits per heavy atom. The zero-order valence-electron chi connectivity index (χ0n) is 17.4. The predicted molar refractivity (Wildman–Crippen MR) is 109 cm³/mol. The first-order valence-corrected chi connectivity index (χ1v) is 9.33. The van der Waals surface area contributed by atoms with Gasteiger partial charge in [-0.25, -0.2) is 0 Å². The van der Waals surface area contributed by atoms with Crippen LogP contribution in [0.3, 0.4) is 0 Å². The van der Waals surface area contributed by atoms with E-state index in [1.54, 1.807) is 21.1 Å². The summed E-state index contributed by atoms with van der Waals surface area (Å²) in [6.07, 6.45) is 0.952. The molecule has 2 rings (SSSR count). The van der Waals surface area contributed by atoms with E-state index in [9.17, 15) is 4.79 Å². The minimum atomic E-state index is -0.809. The summed E-state index contributed by atoms with van der Waals surface area (Å²) in [5.41, 5.74) is 4.36. The van der Waals surface area contributed by atoms with Crippen molar-refractivity contribution in [1.82, 2.24) is 0 Å². The molecule has 146 valence electrons. The number of ether oxygens (including phenoxy) is 3. The first-order chi connectivity index (χ1) is 12.8. The Morgan fingerprint density at radius 3 is 2.04 bits per heavy atom. The summed E-state index contributed by atoms with van der Waals surface area (Å²) >= 11 is 0. The van der Waals surface area contributed by atoms with Crippen LogP contribution in [0, 0.1) is 6.92 Å². The molecule has 0 saturated carbocycles. The fraction of sp³-hybridized carbons (Fsp3) is 0.435. The molecule has 0 saturated heterocycles. The van der Waals surface area contributed by atoms with Gasteiger partial charge in [-0.15, -0.1) is 0 Å². The monoisotopic (exact) mass is 370 g/mol. The first-order valence-electron chi connectivity index (χ1n) is 9.33. The number of hydrogen-bond acceptors (Lipinski definition) is 4. The molecule has 0 radical (unpaired) electrons. The topological polar surface area (TPSA) is 44.8 Å². The summed E-state index contributed by atoms with van der Waals surface area (Å²) in [6, 6.07) is 10.3. The summed E-state index contributed by atoms with van der Waals surface area (Å²) in [6.45, 7) is 10.1. The highest BCUT2D eigenvalue weighted by molar-refractivity contribution is 5.85. The molecule has 0 fully saturated rings. The molecule has 0 aliphatic heterocycles. The smallest absolute Gasteiger partial charge is 0.315 e. The molecule has 0 heterocycles. The van der Waals surface area contributed by atoms with E-state index in [0.717, 1.165) is 23.1 Å². The molecular weight excluding hydrogens is 340 g/mol. The van der Waals surface area contributed by atoms with Crippen molar-refractivity contribution in [2.75, 3.05) is 20.8 Å². The Hall–Kier alpha value is -2.49. The van der Waals surface area contributed by atoms with E-state index in [1.165, 1.54) is 11.1 Å². The highest BCUT2D eigenvalue weighted by atomic mass is 16.5. The average Bonchev–Trinajstić information content (AvgIpc) is 2.66. The van der Waals surface area contributed by atoms with Crippen LogP contribution in [0.2, 0.25) is 0 Å². The molecule has 27 heavy (non-hydrogen) atoms. The van der Waals surface area contributed by atoms with Gasteiger partial charge in [0.15, 0.2) is 0 Å². The van der Waals surface area contributed by atoms with E-state index in [-0.39, 0.29) is 5.97 Å². The zero-order valence-corrected chi connectivity index (χ0v) is 17.4. The number of hydrogen-bond donors (Lipinski definition) is 0. The van der Waals surface area contributed by atoms with Gasteiger partial charge in [0, 0.05) is 0 Å². The zero-order chi connectivity index (χ0) is 20.2. The lowest BCUT2D eigenvalue weighted by atomic mass is 9.83. The molecule has 0 aromatic heterocycles. The molecule has 0 amide bonds. The predicted octanol–water partition coefficient (Wildman–Crippen LogP) is 5.08. The second-order valence-electron chi connectivity index (χ2n) is 7.16. The van der Waals surface area contributed by atoms with Gasteiger partial charge in [-0.1, -0.05) is 30.7 Å². The van der Waals surface area contributed by atoms with Gasteiger partial charge in [0.2, 0.25) is 0 Å².